The van der Waals surface area contributed by atoms with Gasteiger partial charge in [-0.15, -0.1) is 0 Å². The molecule has 0 radical (unpaired) electrons. The number of halogens is 2. The molecule has 2 N–H and O–H groups in total. The fraction of sp³-hybridized carbons (Fsp3) is 0.294. The van der Waals surface area contributed by atoms with E-state index in [0.717, 1.165) is 18.7 Å². The fourth-order valence-corrected chi connectivity index (χ4v) is 3.61. The Labute approximate surface area is 145 Å². The summed E-state index contributed by atoms with van der Waals surface area (Å²) in [6.45, 7) is 1.08. The molecule has 0 bridgehead atoms. The van der Waals surface area contributed by atoms with Gasteiger partial charge < -0.3 is 10.1 Å². The fourth-order valence-electron chi connectivity index (χ4n) is 2.59. The van der Waals surface area contributed by atoms with Crippen molar-refractivity contribution in [2.24, 2.45) is 0 Å². The summed E-state index contributed by atoms with van der Waals surface area (Å²) < 4.78 is 56.2. The molecule has 2 aromatic carbocycles. The smallest absolute Gasteiger partial charge is 0.272 e. The highest BCUT2D eigenvalue weighted by molar-refractivity contribution is 7.89. The molecule has 0 spiro atoms. The van der Waals surface area contributed by atoms with Crippen LogP contribution in [0, 0.1) is 0 Å². The topological polar surface area (TPSA) is 67.4 Å². The average molecular weight is 368 g/mol. The molecule has 3 rings (SSSR count). The van der Waals surface area contributed by atoms with Gasteiger partial charge in [-0.25, -0.2) is 21.9 Å². The largest absolute Gasteiger partial charge is 0.488 e. The quantitative estimate of drug-likeness (QED) is 0.788. The van der Waals surface area contributed by atoms with Crippen molar-refractivity contribution in [2.45, 2.75) is 31.0 Å². The summed E-state index contributed by atoms with van der Waals surface area (Å²) in [4.78, 5) is 0.0553. The van der Waals surface area contributed by atoms with Crippen LogP contribution in [-0.2, 0) is 29.7 Å². The molecule has 0 amide bonds. The van der Waals surface area contributed by atoms with Gasteiger partial charge >= 0.3 is 0 Å². The molecule has 0 saturated carbocycles. The Morgan fingerprint density at radius 2 is 1.80 bits per heavy atom. The third kappa shape index (κ3) is 4.53. The van der Waals surface area contributed by atoms with Gasteiger partial charge in [-0.05, 0) is 41.0 Å². The van der Waals surface area contributed by atoms with Crippen molar-refractivity contribution in [3.8, 4) is 5.75 Å². The van der Waals surface area contributed by atoms with Crippen LogP contribution < -0.4 is 14.8 Å². The van der Waals surface area contributed by atoms with Crippen molar-refractivity contribution in [1.82, 2.24) is 10.0 Å². The Hall–Kier alpha value is -2.03. The summed E-state index contributed by atoms with van der Waals surface area (Å²) >= 11 is 0. The maximum Gasteiger partial charge on any atom is 0.272 e. The van der Waals surface area contributed by atoms with Gasteiger partial charge in [-0.2, -0.15) is 0 Å². The Bertz CT molecular complexity index is 839. The molecule has 8 heteroatoms. The molecule has 0 fully saturated rings. The van der Waals surface area contributed by atoms with E-state index in [1.54, 1.807) is 0 Å². The molecule has 0 atom stereocenters. The minimum Gasteiger partial charge on any atom is -0.488 e. The number of alkyl halides is 2. The van der Waals surface area contributed by atoms with Crippen molar-refractivity contribution < 1.29 is 21.9 Å². The molecule has 1 heterocycles. The van der Waals surface area contributed by atoms with Gasteiger partial charge in [0.15, 0.2) is 0 Å². The van der Waals surface area contributed by atoms with E-state index in [4.69, 9.17) is 4.74 Å². The molecule has 5 nitrogen and oxygen atoms in total. The monoisotopic (exact) mass is 368 g/mol. The van der Waals surface area contributed by atoms with E-state index in [-0.39, 0.29) is 17.2 Å². The van der Waals surface area contributed by atoms with Crippen LogP contribution in [0.25, 0.3) is 0 Å². The molecule has 0 aromatic heterocycles. The molecule has 2 aromatic rings. The van der Waals surface area contributed by atoms with Crippen LogP contribution in [0.2, 0.25) is 0 Å². The van der Waals surface area contributed by atoms with Gasteiger partial charge in [0.1, 0.15) is 12.4 Å². The lowest BCUT2D eigenvalue weighted by atomic mass is 10.1. The first-order valence-electron chi connectivity index (χ1n) is 7.76. The van der Waals surface area contributed by atoms with Crippen LogP contribution in [0.1, 0.15) is 16.7 Å². The Morgan fingerprint density at radius 1 is 1.08 bits per heavy atom. The zero-order valence-electron chi connectivity index (χ0n) is 13.3. The lowest BCUT2D eigenvalue weighted by molar-refractivity contribution is 0.0819. The number of nitrogens with one attached hydrogen (secondary N) is 2. The van der Waals surface area contributed by atoms with Crippen LogP contribution in [0.15, 0.2) is 47.4 Å². The predicted octanol–water partition coefficient (Wildman–Crippen LogP) is 2.41. The van der Waals surface area contributed by atoms with E-state index < -0.39 is 23.1 Å². The summed E-state index contributed by atoms with van der Waals surface area (Å²) in [6.07, 6.45) is -2.58. The van der Waals surface area contributed by atoms with E-state index in [0.29, 0.717) is 0 Å². The van der Waals surface area contributed by atoms with E-state index in [2.05, 4.69) is 10.0 Å². The number of benzene rings is 2. The molecule has 1 aliphatic heterocycles. The first kappa shape index (κ1) is 17.8. The molecule has 0 unspecified atom stereocenters. The van der Waals surface area contributed by atoms with Gasteiger partial charge in [-0.1, -0.05) is 18.2 Å². The predicted molar refractivity (Wildman–Crippen MR) is 89.0 cm³/mol. The zero-order chi connectivity index (χ0) is 17.9. The van der Waals surface area contributed by atoms with Crippen molar-refractivity contribution in [3.05, 3.63) is 59.2 Å². The van der Waals surface area contributed by atoms with Gasteiger partial charge in [-0.3, -0.25) is 0 Å². The number of sulfonamides is 1. The minimum atomic E-state index is -3.69. The Morgan fingerprint density at radius 3 is 2.52 bits per heavy atom. The number of hydrogen-bond donors (Lipinski definition) is 2. The molecule has 134 valence electrons. The SMILES string of the molecule is O=S(=O)(NCc1ccc2c(c1)CNC2)c1ccc(OCC(F)F)cc1. The highest BCUT2D eigenvalue weighted by Gasteiger charge is 2.15. The first-order chi connectivity index (χ1) is 11.9. The second-order valence-corrected chi connectivity index (χ2v) is 7.47. The summed E-state index contributed by atoms with van der Waals surface area (Å²) in [5.41, 5.74) is 3.28. The summed E-state index contributed by atoms with van der Waals surface area (Å²) in [7, 11) is -3.69. The van der Waals surface area contributed by atoms with Crippen LogP contribution in [0.3, 0.4) is 0 Å². The third-order valence-corrected chi connectivity index (χ3v) is 5.30. The summed E-state index contributed by atoms with van der Waals surface area (Å²) in [5, 5.41) is 3.24. The maximum absolute atomic E-state index is 12.3. The number of rotatable bonds is 7. The average Bonchev–Trinajstić information content (AvgIpc) is 3.06. The van der Waals surface area contributed by atoms with Crippen molar-refractivity contribution in [2.75, 3.05) is 6.61 Å². The van der Waals surface area contributed by atoms with Gasteiger partial charge in [0.05, 0.1) is 4.90 Å². The molecule has 1 aliphatic rings. The van der Waals surface area contributed by atoms with Gasteiger partial charge in [0.25, 0.3) is 6.43 Å². The summed E-state index contributed by atoms with van der Waals surface area (Å²) in [6, 6.07) is 11.3. The van der Waals surface area contributed by atoms with Crippen LogP contribution in [0.5, 0.6) is 5.75 Å². The summed E-state index contributed by atoms with van der Waals surface area (Å²) in [5.74, 6) is 0.199. The van der Waals surface area contributed by atoms with Crippen LogP contribution in [-0.4, -0.2) is 21.5 Å². The van der Waals surface area contributed by atoms with Gasteiger partial charge in [0, 0.05) is 19.6 Å². The maximum atomic E-state index is 12.3. The third-order valence-electron chi connectivity index (χ3n) is 3.88. The van der Waals surface area contributed by atoms with Crippen molar-refractivity contribution in [1.29, 1.82) is 0 Å². The van der Waals surface area contributed by atoms with E-state index >= 15 is 0 Å². The van der Waals surface area contributed by atoms with E-state index in [9.17, 15) is 17.2 Å². The number of fused-ring (bicyclic) bond motifs is 1. The lowest BCUT2D eigenvalue weighted by Crippen LogP contribution is -2.23. The standard InChI is InChI=1S/C17H18F2N2O3S/c18-17(19)11-24-15-3-5-16(6-4-15)25(22,23)21-8-12-1-2-13-9-20-10-14(13)7-12/h1-7,17,20-21H,8-11H2. The lowest BCUT2D eigenvalue weighted by Gasteiger charge is -2.09. The number of hydrogen-bond acceptors (Lipinski definition) is 4. The molecule has 0 saturated heterocycles. The molecular weight excluding hydrogens is 350 g/mol. The van der Waals surface area contributed by atoms with Crippen LogP contribution in [0.4, 0.5) is 8.78 Å². The highest BCUT2D eigenvalue weighted by Crippen LogP contribution is 2.19. The van der Waals surface area contributed by atoms with Crippen molar-refractivity contribution in [3.63, 3.8) is 0 Å². The van der Waals surface area contributed by atoms with Crippen molar-refractivity contribution >= 4 is 10.0 Å². The first-order valence-corrected chi connectivity index (χ1v) is 9.24. The highest BCUT2D eigenvalue weighted by atomic mass is 32.2. The minimum absolute atomic E-state index is 0.0553. The Kier molecular flexibility index (Phi) is 5.31. The Balaban J connectivity index is 1.63. The second-order valence-electron chi connectivity index (χ2n) is 5.70. The normalized spacial score (nSPS) is 13.9. The van der Waals surface area contributed by atoms with Gasteiger partial charge in [0.2, 0.25) is 10.0 Å². The number of ether oxygens (including phenoxy) is 1. The van der Waals surface area contributed by atoms with Crippen LogP contribution >= 0.6 is 0 Å². The van der Waals surface area contributed by atoms with E-state index in [1.807, 2.05) is 18.2 Å². The zero-order valence-corrected chi connectivity index (χ0v) is 14.2. The molecular formula is C17H18F2N2O3S. The molecule has 25 heavy (non-hydrogen) atoms. The molecule has 0 aliphatic carbocycles. The van der Waals surface area contributed by atoms with E-state index in [1.165, 1.54) is 35.4 Å². The second kappa shape index (κ2) is 7.47.